The lowest BCUT2D eigenvalue weighted by molar-refractivity contribution is -0.385. The zero-order valence-corrected chi connectivity index (χ0v) is 15.9. The first-order valence-electron chi connectivity index (χ1n) is 9.22. The van der Waals surface area contributed by atoms with E-state index in [0.29, 0.717) is 17.4 Å². The van der Waals surface area contributed by atoms with Crippen molar-refractivity contribution in [2.45, 2.75) is 52.2 Å². The van der Waals surface area contributed by atoms with Crippen LogP contribution in [0.25, 0.3) is 6.08 Å². The van der Waals surface area contributed by atoms with Gasteiger partial charge in [-0.05, 0) is 37.3 Å². The van der Waals surface area contributed by atoms with Crippen molar-refractivity contribution in [2.75, 3.05) is 0 Å². The second kappa shape index (κ2) is 9.30. The number of nitro groups is 1. The number of amides is 1. The number of ether oxygens (including phenoxy) is 1. The molecule has 1 amide bonds. The molecule has 1 fully saturated rings. The molecule has 0 spiro atoms. The minimum atomic E-state index is -0.933. The number of nitro benzene ring substituents is 1. The topological polar surface area (TPSA) is 98.5 Å². The van der Waals surface area contributed by atoms with Gasteiger partial charge in [0.05, 0.1) is 10.5 Å². The summed E-state index contributed by atoms with van der Waals surface area (Å²) in [6.45, 7) is 5.82. The highest BCUT2D eigenvalue weighted by Gasteiger charge is 2.29. The molecule has 1 aliphatic rings. The Bertz CT molecular complexity index is 731. The summed E-state index contributed by atoms with van der Waals surface area (Å²) >= 11 is 0. The Labute approximate surface area is 158 Å². The fourth-order valence-electron chi connectivity index (χ4n) is 3.31. The van der Waals surface area contributed by atoms with Gasteiger partial charge in [-0.1, -0.05) is 38.8 Å². The SMILES string of the molecule is C[C@@H]1[C@@H](C)CCC[C@H]1NC(=O)[C@@H](C)OC(=O)/C=C/c1ccccc1[N+](=O)[O-]. The molecule has 27 heavy (non-hydrogen) atoms. The van der Waals surface area contributed by atoms with Gasteiger partial charge in [-0.15, -0.1) is 0 Å². The monoisotopic (exact) mass is 374 g/mol. The van der Waals surface area contributed by atoms with Gasteiger partial charge in [-0.25, -0.2) is 4.79 Å². The molecule has 7 nitrogen and oxygen atoms in total. The molecule has 0 aliphatic heterocycles. The first-order chi connectivity index (χ1) is 12.8. The fourth-order valence-corrected chi connectivity index (χ4v) is 3.31. The highest BCUT2D eigenvalue weighted by molar-refractivity contribution is 5.91. The van der Waals surface area contributed by atoms with Crippen molar-refractivity contribution in [3.63, 3.8) is 0 Å². The van der Waals surface area contributed by atoms with Crippen LogP contribution in [0.15, 0.2) is 30.3 Å². The third-order valence-corrected chi connectivity index (χ3v) is 5.23. The lowest BCUT2D eigenvalue weighted by Crippen LogP contribution is -2.47. The predicted molar refractivity (Wildman–Crippen MR) is 102 cm³/mol. The quantitative estimate of drug-likeness (QED) is 0.356. The van der Waals surface area contributed by atoms with Crippen LogP contribution in [0.4, 0.5) is 5.69 Å². The van der Waals surface area contributed by atoms with E-state index in [-0.39, 0.29) is 17.6 Å². The first kappa shape index (κ1) is 20.6. The second-order valence-corrected chi connectivity index (χ2v) is 7.11. The summed E-state index contributed by atoms with van der Waals surface area (Å²) in [4.78, 5) is 34.7. The second-order valence-electron chi connectivity index (χ2n) is 7.11. The molecule has 0 saturated heterocycles. The van der Waals surface area contributed by atoms with Gasteiger partial charge in [0.2, 0.25) is 0 Å². The average Bonchev–Trinajstić information content (AvgIpc) is 2.63. The van der Waals surface area contributed by atoms with Crippen LogP contribution in [-0.4, -0.2) is 28.9 Å². The molecule has 146 valence electrons. The molecule has 1 aromatic rings. The van der Waals surface area contributed by atoms with E-state index in [1.807, 2.05) is 0 Å². The number of rotatable bonds is 6. The van der Waals surface area contributed by atoms with Crippen LogP contribution >= 0.6 is 0 Å². The Morgan fingerprint density at radius 3 is 2.70 bits per heavy atom. The van der Waals surface area contributed by atoms with Crippen LogP contribution in [0.5, 0.6) is 0 Å². The number of benzene rings is 1. The number of carbonyl (C=O) groups is 2. The molecular weight excluding hydrogens is 348 g/mol. The molecule has 7 heteroatoms. The van der Waals surface area contributed by atoms with Gasteiger partial charge in [0.25, 0.3) is 11.6 Å². The van der Waals surface area contributed by atoms with Gasteiger partial charge in [0.1, 0.15) is 0 Å². The van der Waals surface area contributed by atoms with Crippen LogP contribution in [-0.2, 0) is 14.3 Å². The van der Waals surface area contributed by atoms with Gasteiger partial charge in [0, 0.05) is 18.2 Å². The number of esters is 1. The molecule has 1 saturated carbocycles. The van der Waals surface area contributed by atoms with Crippen LogP contribution in [0, 0.1) is 22.0 Å². The van der Waals surface area contributed by atoms with E-state index in [1.54, 1.807) is 12.1 Å². The van der Waals surface area contributed by atoms with Crippen molar-refractivity contribution in [2.24, 2.45) is 11.8 Å². The van der Waals surface area contributed by atoms with Crippen LogP contribution in [0.1, 0.15) is 45.6 Å². The summed E-state index contributed by atoms with van der Waals surface area (Å²) in [6.07, 6.45) is 4.64. The fraction of sp³-hybridized carbons (Fsp3) is 0.500. The highest BCUT2D eigenvalue weighted by Crippen LogP contribution is 2.29. The Morgan fingerprint density at radius 1 is 1.30 bits per heavy atom. The van der Waals surface area contributed by atoms with Gasteiger partial charge in [-0.2, -0.15) is 0 Å². The third kappa shape index (κ3) is 5.64. The molecule has 0 heterocycles. The van der Waals surface area contributed by atoms with E-state index >= 15 is 0 Å². The van der Waals surface area contributed by atoms with Gasteiger partial charge >= 0.3 is 5.97 Å². The molecule has 0 radical (unpaired) electrons. The number of hydrogen-bond donors (Lipinski definition) is 1. The van der Waals surface area contributed by atoms with Crippen LogP contribution < -0.4 is 5.32 Å². The summed E-state index contributed by atoms with van der Waals surface area (Å²) < 4.78 is 5.13. The zero-order valence-electron chi connectivity index (χ0n) is 15.9. The molecule has 2 rings (SSSR count). The van der Waals surface area contributed by atoms with E-state index in [2.05, 4.69) is 19.2 Å². The first-order valence-corrected chi connectivity index (χ1v) is 9.22. The van der Waals surface area contributed by atoms with E-state index in [0.717, 1.165) is 25.3 Å². The Kier molecular flexibility index (Phi) is 7.10. The molecule has 0 unspecified atom stereocenters. The number of para-hydroxylation sites is 1. The van der Waals surface area contributed by atoms with E-state index in [9.17, 15) is 19.7 Å². The smallest absolute Gasteiger partial charge is 0.331 e. The van der Waals surface area contributed by atoms with Crippen molar-refractivity contribution in [3.05, 3.63) is 46.0 Å². The molecule has 4 atom stereocenters. The van der Waals surface area contributed by atoms with Gasteiger partial charge < -0.3 is 10.1 Å². The molecule has 1 aromatic carbocycles. The molecule has 1 N–H and O–H groups in total. The van der Waals surface area contributed by atoms with Gasteiger partial charge in [0.15, 0.2) is 6.10 Å². The van der Waals surface area contributed by atoms with Crippen molar-refractivity contribution >= 4 is 23.6 Å². The Morgan fingerprint density at radius 2 is 2.00 bits per heavy atom. The maximum atomic E-state index is 12.3. The van der Waals surface area contributed by atoms with Crippen LogP contribution in [0.2, 0.25) is 0 Å². The highest BCUT2D eigenvalue weighted by atomic mass is 16.6. The summed E-state index contributed by atoms with van der Waals surface area (Å²) in [5.74, 6) is -0.120. The van der Waals surface area contributed by atoms with Crippen LogP contribution in [0.3, 0.4) is 0 Å². The standard InChI is InChI=1S/C20H26N2O5/c1-13-7-6-9-17(14(13)2)21-20(24)15(3)27-19(23)12-11-16-8-4-5-10-18(16)22(25)26/h4-5,8,10-15,17H,6-7,9H2,1-3H3,(H,21,24)/b12-11+/t13-,14+,15+,17+/m0/s1. The van der Waals surface area contributed by atoms with E-state index in [1.165, 1.54) is 25.1 Å². The molecule has 0 bridgehead atoms. The Balaban J connectivity index is 1.91. The van der Waals surface area contributed by atoms with E-state index in [4.69, 9.17) is 4.74 Å². The lowest BCUT2D eigenvalue weighted by atomic mass is 9.78. The lowest BCUT2D eigenvalue weighted by Gasteiger charge is -2.35. The maximum absolute atomic E-state index is 12.3. The number of carbonyl (C=O) groups excluding carboxylic acids is 2. The summed E-state index contributed by atoms with van der Waals surface area (Å²) in [6, 6.07) is 6.16. The minimum absolute atomic E-state index is 0.0879. The summed E-state index contributed by atoms with van der Waals surface area (Å²) in [7, 11) is 0. The van der Waals surface area contributed by atoms with Crippen molar-refractivity contribution in [1.82, 2.24) is 5.32 Å². The third-order valence-electron chi connectivity index (χ3n) is 5.23. The largest absolute Gasteiger partial charge is 0.449 e. The number of nitrogens with one attached hydrogen (secondary N) is 1. The van der Waals surface area contributed by atoms with Crippen molar-refractivity contribution in [3.8, 4) is 0 Å². The minimum Gasteiger partial charge on any atom is -0.449 e. The van der Waals surface area contributed by atoms with Crippen molar-refractivity contribution in [1.29, 1.82) is 0 Å². The predicted octanol–water partition coefficient (Wildman–Crippen LogP) is 3.48. The molecule has 0 aromatic heterocycles. The maximum Gasteiger partial charge on any atom is 0.331 e. The molecular formula is C20H26N2O5. The number of hydrogen-bond acceptors (Lipinski definition) is 5. The average molecular weight is 374 g/mol. The van der Waals surface area contributed by atoms with Crippen molar-refractivity contribution < 1.29 is 19.2 Å². The van der Waals surface area contributed by atoms with E-state index < -0.39 is 17.0 Å². The summed E-state index contributed by atoms with van der Waals surface area (Å²) in [5, 5.41) is 13.9. The zero-order chi connectivity index (χ0) is 20.0. The number of nitrogens with zero attached hydrogens (tertiary/aromatic N) is 1. The Hall–Kier alpha value is -2.70. The summed E-state index contributed by atoms with van der Waals surface area (Å²) in [5.41, 5.74) is 0.189. The molecule has 1 aliphatic carbocycles. The normalized spacial score (nSPS) is 23.6. The van der Waals surface area contributed by atoms with Gasteiger partial charge in [-0.3, -0.25) is 14.9 Å².